The van der Waals surface area contributed by atoms with Gasteiger partial charge in [0.2, 0.25) is 5.95 Å². The van der Waals surface area contributed by atoms with E-state index in [4.69, 9.17) is 0 Å². The average Bonchev–Trinajstić information content (AvgIpc) is 2.20. The number of hydrogen-bond acceptors (Lipinski definition) is 4. The highest BCUT2D eigenvalue weighted by Crippen LogP contribution is 2.11. The van der Waals surface area contributed by atoms with Crippen molar-refractivity contribution in [1.82, 2.24) is 15.3 Å². The van der Waals surface area contributed by atoms with Crippen molar-refractivity contribution in [3.8, 4) is 0 Å². The summed E-state index contributed by atoms with van der Waals surface area (Å²) in [4.78, 5) is 10.9. The molecule has 0 bridgehead atoms. The monoisotopic (exact) mass is 192 g/mol. The Balaban J connectivity index is 2.16. The van der Waals surface area contributed by atoms with Crippen molar-refractivity contribution in [3.05, 3.63) is 18.0 Å². The zero-order valence-corrected chi connectivity index (χ0v) is 8.70. The number of nitrogens with one attached hydrogen (secondary N) is 1. The van der Waals surface area contributed by atoms with E-state index in [1.165, 1.54) is 0 Å². The molecule has 2 heterocycles. The number of hydrogen-bond donors (Lipinski definition) is 1. The topological polar surface area (TPSA) is 41.1 Å². The van der Waals surface area contributed by atoms with Gasteiger partial charge < -0.3 is 10.2 Å². The lowest BCUT2D eigenvalue weighted by atomic mass is 10.2. The van der Waals surface area contributed by atoms with Crippen molar-refractivity contribution in [2.24, 2.45) is 0 Å². The van der Waals surface area contributed by atoms with Crippen LogP contribution in [0.1, 0.15) is 12.5 Å². The van der Waals surface area contributed by atoms with E-state index < -0.39 is 0 Å². The van der Waals surface area contributed by atoms with Crippen LogP contribution in [0.25, 0.3) is 0 Å². The van der Waals surface area contributed by atoms with Crippen LogP contribution in [0.5, 0.6) is 0 Å². The van der Waals surface area contributed by atoms with E-state index in [1.54, 1.807) is 0 Å². The lowest BCUT2D eigenvalue weighted by Crippen LogP contribution is -2.50. The standard InChI is InChI=1S/C10H16N4/c1-8-5-12-10(13-6-8)14-4-3-11-7-9(14)2/h5-6,9,11H,3-4,7H2,1-2H3/t9-/m0/s1. The zero-order valence-electron chi connectivity index (χ0n) is 8.70. The molecule has 1 aromatic heterocycles. The molecule has 4 nitrogen and oxygen atoms in total. The summed E-state index contributed by atoms with van der Waals surface area (Å²) in [7, 11) is 0. The third-order valence-corrected chi connectivity index (χ3v) is 2.53. The van der Waals surface area contributed by atoms with E-state index in [9.17, 15) is 0 Å². The fourth-order valence-corrected chi connectivity index (χ4v) is 1.67. The van der Waals surface area contributed by atoms with Gasteiger partial charge in [-0.2, -0.15) is 0 Å². The first-order valence-electron chi connectivity index (χ1n) is 5.03. The number of nitrogens with zero attached hydrogens (tertiary/aromatic N) is 3. The molecule has 1 aromatic rings. The third-order valence-electron chi connectivity index (χ3n) is 2.53. The Kier molecular flexibility index (Phi) is 2.63. The van der Waals surface area contributed by atoms with Gasteiger partial charge in [-0.25, -0.2) is 9.97 Å². The molecule has 0 radical (unpaired) electrons. The van der Waals surface area contributed by atoms with Gasteiger partial charge in [0, 0.05) is 38.1 Å². The molecule has 1 saturated heterocycles. The van der Waals surface area contributed by atoms with Gasteiger partial charge in [0.15, 0.2) is 0 Å². The molecule has 0 unspecified atom stereocenters. The van der Waals surface area contributed by atoms with Crippen LogP contribution in [0.3, 0.4) is 0 Å². The SMILES string of the molecule is Cc1cnc(N2CCNC[C@@H]2C)nc1. The van der Waals surface area contributed by atoms with E-state index in [1.807, 2.05) is 19.3 Å². The summed E-state index contributed by atoms with van der Waals surface area (Å²) >= 11 is 0. The van der Waals surface area contributed by atoms with Gasteiger partial charge in [0.05, 0.1) is 0 Å². The van der Waals surface area contributed by atoms with Crippen molar-refractivity contribution in [3.63, 3.8) is 0 Å². The molecule has 0 saturated carbocycles. The predicted molar refractivity (Wildman–Crippen MR) is 56.4 cm³/mol. The summed E-state index contributed by atoms with van der Waals surface area (Å²) in [6.07, 6.45) is 3.74. The van der Waals surface area contributed by atoms with Gasteiger partial charge in [-0.15, -0.1) is 0 Å². The highest BCUT2D eigenvalue weighted by atomic mass is 15.3. The van der Waals surface area contributed by atoms with E-state index >= 15 is 0 Å². The molecule has 1 aliphatic rings. The van der Waals surface area contributed by atoms with Crippen LogP contribution in [0.15, 0.2) is 12.4 Å². The molecule has 0 aromatic carbocycles. The molecule has 0 aliphatic carbocycles. The predicted octanol–water partition coefficient (Wildman–Crippen LogP) is 0.583. The van der Waals surface area contributed by atoms with Crippen molar-refractivity contribution in [2.75, 3.05) is 24.5 Å². The quantitative estimate of drug-likeness (QED) is 0.707. The first-order valence-corrected chi connectivity index (χ1v) is 5.03. The number of aryl methyl sites for hydroxylation is 1. The Morgan fingerprint density at radius 1 is 1.43 bits per heavy atom. The van der Waals surface area contributed by atoms with Gasteiger partial charge >= 0.3 is 0 Å². The molecular formula is C10H16N4. The minimum absolute atomic E-state index is 0.478. The van der Waals surface area contributed by atoms with Gasteiger partial charge in [-0.1, -0.05) is 0 Å². The second-order valence-electron chi connectivity index (χ2n) is 3.81. The summed E-state index contributed by atoms with van der Waals surface area (Å²) in [5.41, 5.74) is 1.11. The lowest BCUT2D eigenvalue weighted by Gasteiger charge is -2.33. The Morgan fingerprint density at radius 2 is 2.14 bits per heavy atom. The number of anilines is 1. The van der Waals surface area contributed by atoms with Crippen LogP contribution in [-0.4, -0.2) is 35.6 Å². The molecule has 0 amide bonds. The molecule has 76 valence electrons. The van der Waals surface area contributed by atoms with E-state index in [0.717, 1.165) is 31.1 Å². The molecule has 2 rings (SSSR count). The molecule has 1 N–H and O–H groups in total. The Morgan fingerprint density at radius 3 is 2.79 bits per heavy atom. The fraction of sp³-hybridized carbons (Fsp3) is 0.600. The third kappa shape index (κ3) is 1.85. The lowest BCUT2D eigenvalue weighted by molar-refractivity contribution is 0.493. The van der Waals surface area contributed by atoms with E-state index in [0.29, 0.717) is 6.04 Å². The van der Waals surface area contributed by atoms with Crippen molar-refractivity contribution in [1.29, 1.82) is 0 Å². The normalized spacial score (nSPS) is 22.4. The molecule has 1 aliphatic heterocycles. The molecule has 14 heavy (non-hydrogen) atoms. The van der Waals surface area contributed by atoms with E-state index in [-0.39, 0.29) is 0 Å². The van der Waals surface area contributed by atoms with Crippen LogP contribution >= 0.6 is 0 Å². The van der Waals surface area contributed by atoms with Gasteiger partial charge in [-0.3, -0.25) is 0 Å². The molecule has 1 fully saturated rings. The zero-order chi connectivity index (χ0) is 9.97. The maximum atomic E-state index is 4.34. The van der Waals surface area contributed by atoms with Crippen LogP contribution in [-0.2, 0) is 0 Å². The van der Waals surface area contributed by atoms with Crippen molar-refractivity contribution >= 4 is 5.95 Å². The second kappa shape index (κ2) is 3.92. The van der Waals surface area contributed by atoms with E-state index in [2.05, 4.69) is 27.1 Å². The molecule has 4 heteroatoms. The second-order valence-corrected chi connectivity index (χ2v) is 3.81. The molecule has 1 atom stereocenters. The minimum Gasteiger partial charge on any atom is -0.336 e. The maximum Gasteiger partial charge on any atom is 0.225 e. The summed E-state index contributed by atoms with van der Waals surface area (Å²) in [5.74, 6) is 0.851. The molecular weight excluding hydrogens is 176 g/mol. The number of rotatable bonds is 1. The maximum absolute atomic E-state index is 4.34. The first kappa shape index (κ1) is 9.40. The summed E-state index contributed by atoms with van der Waals surface area (Å²) in [6.45, 7) is 7.21. The van der Waals surface area contributed by atoms with Gasteiger partial charge in [-0.05, 0) is 19.4 Å². The summed E-state index contributed by atoms with van der Waals surface area (Å²) in [5, 5.41) is 3.35. The van der Waals surface area contributed by atoms with Gasteiger partial charge in [0.25, 0.3) is 0 Å². The molecule has 0 spiro atoms. The highest BCUT2D eigenvalue weighted by molar-refractivity contribution is 5.32. The highest BCUT2D eigenvalue weighted by Gasteiger charge is 2.19. The summed E-state index contributed by atoms with van der Waals surface area (Å²) in [6, 6.07) is 0.478. The number of aromatic nitrogens is 2. The Labute approximate surface area is 84.4 Å². The largest absolute Gasteiger partial charge is 0.336 e. The van der Waals surface area contributed by atoms with Crippen LogP contribution in [0.4, 0.5) is 5.95 Å². The smallest absolute Gasteiger partial charge is 0.225 e. The van der Waals surface area contributed by atoms with Crippen LogP contribution < -0.4 is 10.2 Å². The van der Waals surface area contributed by atoms with Crippen molar-refractivity contribution < 1.29 is 0 Å². The van der Waals surface area contributed by atoms with Crippen LogP contribution in [0.2, 0.25) is 0 Å². The minimum atomic E-state index is 0.478. The van der Waals surface area contributed by atoms with Crippen LogP contribution in [0, 0.1) is 6.92 Å². The Hall–Kier alpha value is -1.16. The first-order chi connectivity index (χ1) is 6.77. The number of piperazine rings is 1. The van der Waals surface area contributed by atoms with Gasteiger partial charge in [0.1, 0.15) is 0 Å². The fourth-order valence-electron chi connectivity index (χ4n) is 1.67. The average molecular weight is 192 g/mol. The Bertz CT molecular complexity index is 295. The summed E-state index contributed by atoms with van der Waals surface area (Å²) < 4.78 is 0. The van der Waals surface area contributed by atoms with Crippen molar-refractivity contribution in [2.45, 2.75) is 19.9 Å².